The maximum Gasteiger partial charge on any atom is 0.327 e. The van der Waals surface area contributed by atoms with E-state index in [4.69, 9.17) is 27.4 Å². The Balaban J connectivity index is 1.74. The van der Waals surface area contributed by atoms with Crippen molar-refractivity contribution in [3.8, 4) is 11.5 Å². The lowest BCUT2D eigenvalue weighted by Crippen LogP contribution is -2.42. The largest absolute Gasteiger partial charge is 0.493 e. The number of hydrogen-bond acceptors (Lipinski definition) is 9. The molecule has 3 rings (SSSR count). The first-order valence-corrected chi connectivity index (χ1v) is 9.67. The Morgan fingerprint density at radius 3 is 2.79 bits per heavy atom. The zero-order chi connectivity index (χ0) is 21.0. The van der Waals surface area contributed by atoms with E-state index in [0.717, 1.165) is 0 Å². The van der Waals surface area contributed by atoms with E-state index >= 15 is 0 Å². The number of carbonyl (C=O) groups is 1. The van der Waals surface area contributed by atoms with Crippen LogP contribution >= 0.6 is 24.0 Å². The second-order valence-corrected chi connectivity index (χ2v) is 7.15. The maximum atomic E-state index is 11.7. The number of carboxylic acid groups (broad SMARTS) is 1. The quantitative estimate of drug-likeness (QED) is 0.232. The number of carboxylic acids is 1. The highest BCUT2D eigenvalue weighted by molar-refractivity contribution is 7.99. The number of aliphatic carboxylic acids is 1. The fourth-order valence-corrected chi connectivity index (χ4v) is 3.76. The number of rotatable bonds is 8. The molecule has 0 aliphatic heterocycles. The number of hydrogen-bond donors (Lipinski definition) is 4. The average molecular weight is 435 g/mol. The Morgan fingerprint density at radius 2 is 2.10 bits per heavy atom. The van der Waals surface area contributed by atoms with Gasteiger partial charge in [0.15, 0.2) is 17.1 Å². The second kappa shape index (κ2) is 8.92. The predicted molar refractivity (Wildman–Crippen MR) is 113 cm³/mol. The van der Waals surface area contributed by atoms with Crippen molar-refractivity contribution in [1.82, 2.24) is 25.3 Å². The average Bonchev–Trinajstić information content (AvgIpc) is 3.18. The summed E-state index contributed by atoms with van der Waals surface area (Å²) in [7, 11) is 3.04. The van der Waals surface area contributed by atoms with Gasteiger partial charge in [-0.05, 0) is 18.2 Å². The number of ether oxygens (including phenoxy) is 2. The number of methoxy groups -OCH3 is 2. The summed E-state index contributed by atoms with van der Waals surface area (Å²) in [4.78, 5) is 27.1. The van der Waals surface area contributed by atoms with Gasteiger partial charge in [0.25, 0.3) is 0 Å². The molecule has 3 aromatic rings. The molecule has 152 valence electrons. The fourth-order valence-electron chi connectivity index (χ4n) is 2.48. The van der Waals surface area contributed by atoms with Crippen molar-refractivity contribution in [3.63, 3.8) is 0 Å². The number of H-pyrrole nitrogens is 1. The zero-order valence-corrected chi connectivity index (χ0v) is 17.1. The van der Waals surface area contributed by atoms with Crippen molar-refractivity contribution in [2.45, 2.75) is 11.1 Å². The number of imidazole rings is 1. The Bertz CT molecular complexity index is 1060. The normalized spacial score (nSPS) is 11.8. The van der Waals surface area contributed by atoms with Crippen LogP contribution in [0.15, 0.2) is 29.6 Å². The van der Waals surface area contributed by atoms with Crippen LogP contribution in [0.2, 0.25) is 0 Å². The highest BCUT2D eigenvalue weighted by Gasteiger charge is 2.21. The summed E-state index contributed by atoms with van der Waals surface area (Å²) < 4.78 is 10.5. The standard InChI is InChI=1S/C17H18N6O4S2/c1-26-10-4-3-8(5-11(10)27-2)14(28)21-9(16(24)25)6-29-15-12-13(20-7-19-12)22-17(18)23-15/h3-5,7,9H,6H2,1-2H3,(H,21,28)(H,24,25)(H3,18,19,20,22,23)/t9-/m0/s1. The number of anilines is 1. The van der Waals surface area contributed by atoms with Crippen molar-refractivity contribution in [1.29, 1.82) is 0 Å². The molecule has 2 aromatic heterocycles. The van der Waals surface area contributed by atoms with Gasteiger partial charge in [0.1, 0.15) is 21.6 Å². The van der Waals surface area contributed by atoms with E-state index < -0.39 is 12.0 Å². The van der Waals surface area contributed by atoms with Crippen molar-refractivity contribution in [2.24, 2.45) is 0 Å². The molecule has 0 amide bonds. The molecule has 12 heteroatoms. The molecule has 0 radical (unpaired) electrons. The minimum absolute atomic E-state index is 0.0628. The smallest absolute Gasteiger partial charge is 0.327 e. The van der Waals surface area contributed by atoms with Crippen molar-refractivity contribution < 1.29 is 19.4 Å². The number of nitrogens with zero attached hydrogens (tertiary/aromatic N) is 3. The molecule has 5 N–H and O–H groups in total. The van der Waals surface area contributed by atoms with Crippen LogP contribution in [0.25, 0.3) is 11.2 Å². The third-order valence-corrected chi connectivity index (χ3v) is 5.33. The molecule has 0 saturated heterocycles. The molecule has 1 aromatic carbocycles. The number of thioether (sulfide) groups is 1. The van der Waals surface area contributed by atoms with Crippen LogP contribution in [-0.2, 0) is 4.79 Å². The molecule has 10 nitrogen and oxygen atoms in total. The number of nitrogens with one attached hydrogen (secondary N) is 2. The van der Waals surface area contributed by atoms with Gasteiger partial charge >= 0.3 is 5.97 Å². The van der Waals surface area contributed by atoms with Gasteiger partial charge in [0.2, 0.25) is 5.95 Å². The van der Waals surface area contributed by atoms with Crippen molar-refractivity contribution in [2.75, 3.05) is 25.7 Å². The van der Waals surface area contributed by atoms with Crippen LogP contribution in [0.1, 0.15) is 5.56 Å². The summed E-state index contributed by atoms with van der Waals surface area (Å²) in [6.07, 6.45) is 1.47. The molecule has 29 heavy (non-hydrogen) atoms. The molecular formula is C17H18N6O4S2. The SMILES string of the molecule is COc1ccc(C(=S)N[C@@H](CSc2nc(N)nc3nc[nH]c23)C(=O)O)cc1OC. The van der Waals surface area contributed by atoms with E-state index in [-0.39, 0.29) is 16.7 Å². The van der Waals surface area contributed by atoms with Crippen LogP contribution in [0.4, 0.5) is 5.95 Å². The van der Waals surface area contributed by atoms with Gasteiger partial charge in [-0.3, -0.25) is 0 Å². The third kappa shape index (κ3) is 4.66. The minimum Gasteiger partial charge on any atom is -0.493 e. The number of nitrogen functional groups attached to an aromatic ring is 1. The summed E-state index contributed by atoms with van der Waals surface area (Å²) in [5.41, 5.74) is 7.31. The lowest BCUT2D eigenvalue weighted by molar-refractivity contribution is -0.138. The Hall–Kier alpha value is -3.12. The molecule has 0 aliphatic carbocycles. The summed E-state index contributed by atoms with van der Waals surface area (Å²) >= 11 is 6.58. The van der Waals surface area contributed by atoms with E-state index in [1.54, 1.807) is 18.2 Å². The van der Waals surface area contributed by atoms with Crippen LogP contribution in [0, 0.1) is 0 Å². The molecule has 0 spiro atoms. The molecule has 2 heterocycles. The van der Waals surface area contributed by atoms with E-state index in [1.165, 1.54) is 32.3 Å². The van der Waals surface area contributed by atoms with Gasteiger partial charge in [-0.1, -0.05) is 12.2 Å². The first kappa shape index (κ1) is 20.6. The summed E-state index contributed by atoms with van der Waals surface area (Å²) in [6, 6.07) is 4.14. The monoisotopic (exact) mass is 434 g/mol. The van der Waals surface area contributed by atoms with Gasteiger partial charge < -0.3 is 30.6 Å². The number of aromatic amines is 1. The van der Waals surface area contributed by atoms with Gasteiger partial charge in [-0.2, -0.15) is 4.98 Å². The topological polar surface area (TPSA) is 148 Å². The van der Waals surface area contributed by atoms with Gasteiger partial charge in [0, 0.05) is 11.3 Å². The van der Waals surface area contributed by atoms with E-state index in [2.05, 4.69) is 25.3 Å². The van der Waals surface area contributed by atoms with E-state index in [1.807, 2.05) is 0 Å². The van der Waals surface area contributed by atoms with Gasteiger partial charge in [0.05, 0.1) is 20.5 Å². The number of thiocarbonyl (C=S) groups is 1. The highest BCUT2D eigenvalue weighted by Crippen LogP contribution is 2.28. The van der Waals surface area contributed by atoms with Gasteiger partial charge in [-0.25, -0.2) is 14.8 Å². The number of nitrogens with two attached hydrogens (primary N) is 1. The van der Waals surface area contributed by atoms with Gasteiger partial charge in [-0.15, -0.1) is 11.8 Å². The zero-order valence-electron chi connectivity index (χ0n) is 15.5. The Kier molecular flexibility index (Phi) is 6.34. The third-order valence-electron chi connectivity index (χ3n) is 3.91. The Labute approximate surface area is 175 Å². The molecule has 0 fully saturated rings. The summed E-state index contributed by atoms with van der Waals surface area (Å²) in [6.45, 7) is 0. The van der Waals surface area contributed by atoms with E-state index in [0.29, 0.717) is 33.3 Å². The molecule has 0 saturated carbocycles. The molecule has 0 aliphatic rings. The second-order valence-electron chi connectivity index (χ2n) is 5.73. The number of fused-ring (bicyclic) bond motifs is 1. The lowest BCUT2D eigenvalue weighted by atomic mass is 10.2. The number of benzene rings is 1. The first-order valence-electron chi connectivity index (χ1n) is 8.28. The lowest BCUT2D eigenvalue weighted by Gasteiger charge is -2.17. The molecular weight excluding hydrogens is 416 g/mol. The fraction of sp³-hybridized carbons (Fsp3) is 0.235. The maximum absolute atomic E-state index is 11.7. The van der Waals surface area contributed by atoms with E-state index in [9.17, 15) is 9.90 Å². The summed E-state index contributed by atoms with van der Waals surface area (Å²) in [5, 5.41) is 13.0. The minimum atomic E-state index is -1.05. The van der Waals surface area contributed by atoms with Crippen LogP contribution < -0.4 is 20.5 Å². The van der Waals surface area contributed by atoms with Crippen LogP contribution in [0.3, 0.4) is 0 Å². The molecule has 0 unspecified atom stereocenters. The van der Waals surface area contributed by atoms with Crippen LogP contribution in [0.5, 0.6) is 11.5 Å². The molecule has 0 bridgehead atoms. The molecule has 1 atom stereocenters. The van der Waals surface area contributed by atoms with Crippen LogP contribution in [-0.4, -0.2) is 62.0 Å². The predicted octanol–water partition coefficient (Wildman–Crippen LogP) is 1.46. The highest BCUT2D eigenvalue weighted by atomic mass is 32.2. The van der Waals surface area contributed by atoms with Crippen molar-refractivity contribution >= 4 is 52.0 Å². The summed E-state index contributed by atoms with van der Waals surface area (Å²) in [5.74, 6) is 0.201. The first-order chi connectivity index (χ1) is 13.9. The number of aromatic nitrogens is 4. The van der Waals surface area contributed by atoms with Crippen molar-refractivity contribution in [3.05, 3.63) is 30.1 Å². The Morgan fingerprint density at radius 1 is 1.34 bits per heavy atom.